The van der Waals surface area contributed by atoms with E-state index in [2.05, 4.69) is 0 Å². The van der Waals surface area contributed by atoms with Gasteiger partial charge in [0.05, 0.1) is 6.61 Å². The number of rotatable bonds is 1. The highest BCUT2D eigenvalue weighted by Gasteiger charge is 2.27. The van der Waals surface area contributed by atoms with Gasteiger partial charge in [0.2, 0.25) is 0 Å². The van der Waals surface area contributed by atoms with E-state index in [0.717, 1.165) is 24.8 Å². The highest BCUT2D eigenvalue weighted by molar-refractivity contribution is 5.92. The Kier molecular flexibility index (Phi) is 2.13. The van der Waals surface area contributed by atoms with Crippen LogP contribution in [0.4, 0.5) is 0 Å². The number of fused-ring (bicyclic) bond motifs is 3. The number of aromatic carboxylic acids is 1. The van der Waals surface area contributed by atoms with E-state index in [1.54, 1.807) is 0 Å². The number of carbonyl (C=O) groups is 1. The largest absolute Gasteiger partial charge is 0.492 e. The molecule has 1 aliphatic heterocycles. The average molecular weight is 218 g/mol. The van der Waals surface area contributed by atoms with Gasteiger partial charge in [-0.05, 0) is 42.9 Å². The molecule has 0 unspecified atom stereocenters. The van der Waals surface area contributed by atoms with Crippen LogP contribution in [0.3, 0.4) is 0 Å². The van der Waals surface area contributed by atoms with Crippen molar-refractivity contribution >= 4 is 5.97 Å². The van der Waals surface area contributed by atoms with Gasteiger partial charge in [0, 0.05) is 12.0 Å². The summed E-state index contributed by atoms with van der Waals surface area (Å²) in [4.78, 5) is 11.2. The maximum Gasteiger partial charge on any atom is 0.339 e. The molecule has 0 aromatic heterocycles. The van der Waals surface area contributed by atoms with Crippen LogP contribution in [0.5, 0.6) is 5.75 Å². The fourth-order valence-corrected chi connectivity index (χ4v) is 2.82. The summed E-state index contributed by atoms with van der Waals surface area (Å²) in [6.45, 7) is 0.631. The van der Waals surface area contributed by atoms with Gasteiger partial charge in [0.25, 0.3) is 0 Å². The maximum absolute atomic E-state index is 11.2. The van der Waals surface area contributed by atoms with Gasteiger partial charge in [0.1, 0.15) is 11.3 Å². The Morgan fingerprint density at radius 3 is 2.81 bits per heavy atom. The smallest absolute Gasteiger partial charge is 0.339 e. The third kappa shape index (κ3) is 1.31. The first-order chi connectivity index (χ1) is 7.77. The van der Waals surface area contributed by atoms with Crippen molar-refractivity contribution in [3.8, 4) is 5.75 Å². The molecule has 0 atom stereocenters. The van der Waals surface area contributed by atoms with Gasteiger partial charge in [-0.1, -0.05) is 0 Å². The summed E-state index contributed by atoms with van der Waals surface area (Å²) in [5.74, 6) is -0.236. The van der Waals surface area contributed by atoms with Crippen LogP contribution in [0, 0.1) is 0 Å². The summed E-state index contributed by atoms with van der Waals surface area (Å²) >= 11 is 0. The second-order valence-corrected chi connectivity index (χ2v) is 4.48. The van der Waals surface area contributed by atoms with Crippen LogP contribution in [-0.2, 0) is 19.3 Å². The third-order valence-electron chi connectivity index (χ3n) is 3.54. The Hall–Kier alpha value is -1.51. The minimum atomic E-state index is -0.869. The van der Waals surface area contributed by atoms with Crippen molar-refractivity contribution in [2.45, 2.75) is 32.1 Å². The summed E-state index contributed by atoms with van der Waals surface area (Å²) in [6.07, 6.45) is 5.36. The van der Waals surface area contributed by atoms with Gasteiger partial charge >= 0.3 is 5.97 Å². The summed E-state index contributed by atoms with van der Waals surface area (Å²) in [6, 6.07) is 1.82. The van der Waals surface area contributed by atoms with Crippen LogP contribution < -0.4 is 4.74 Å². The molecule has 3 heteroatoms. The number of hydrogen-bond acceptors (Lipinski definition) is 2. The number of aryl methyl sites for hydroxylation is 1. The van der Waals surface area contributed by atoms with Gasteiger partial charge in [-0.15, -0.1) is 0 Å². The van der Waals surface area contributed by atoms with Crippen molar-refractivity contribution in [2.75, 3.05) is 6.61 Å². The maximum atomic E-state index is 11.2. The third-order valence-corrected chi connectivity index (χ3v) is 3.54. The fraction of sp³-hybridized carbons (Fsp3) is 0.462. The van der Waals surface area contributed by atoms with E-state index in [1.807, 2.05) is 6.07 Å². The first-order valence-corrected chi connectivity index (χ1v) is 5.81. The molecule has 1 heterocycles. The first-order valence-electron chi connectivity index (χ1n) is 5.81. The number of hydrogen-bond donors (Lipinski definition) is 1. The van der Waals surface area contributed by atoms with Crippen LogP contribution in [0.15, 0.2) is 6.07 Å². The average Bonchev–Trinajstić information content (AvgIpc) is 2.76. The number of carboxylic acids is 1. The Bertz CT molecular complexity index is 463. The summed E-state index contributed by atoms with van der Waals surface area (Å²) in [5.41, 5.74) is 4.11. The minimum Gasteiger partial charge on any atom is -0.492 e. The van der Waals surface area contributed by atoms with E-state index in [4.69, 9.17) is 4.74 Å². The Morgan fingerprint density at radius 2 is 2.00 bits per heavy atom. The molecule has 1 N–H and O–H groups in total. The van der Waals surface area contributed by atoms with Crippen molar-refractivity contribution < 1.29 is 14.6 Å². The van der Waals surface area contributed by atoms with Crippen LogP contribution in [0.2, 0.25) is 0 Å². The van der Waals surface area contributed by atoms with Gasteiger partial charge in [-0.25, -0.2) is 4.79 Å². The van der Waals surface area contributed by atoms with Crippen molar-refractivity contribution in [1.29, 1.82) is 0 Å². The summed E-state index contributed by atoms with van der Waals surface area (Å²) in [5, 5.41) is 9.17. The summed E-state index contributed by atoms with van der Waals surface area (Å²) < 4.78 is 5.48. The molecule has 0 bridgehead atoms. The molecule has 1 aromatic rings. The van der Waals surface area contributed by atoms with Gasteiger partial charge in [-0.2, -0.15) is 0 Å². The van der Waals surface area contributed by atoms with Crippen LogP contribution in [0.1, 0.15) is 39.9 Å². The van der Waals surface area contributed by atoms with E-state index in [1.165, 1.54) is 24.0 Å². The van der Waals surface area contributed by atoms with E-state index in [0.29, 0.717) is 17.9 Å². The topological polar surface area (TPSA) is 46.5 Å². The lowest BCUT2D eigenvalue weighted by atomic mass is 9.85. The molecule has 1 aliphatic carbocycles. The minimum absolute atomic E-state index is 0.355. The second-order valence-electron chi connectivity index (χ2n) is 4.48. The van der Waals surface area contributed by atoms with Gasteiger partial charge in [0.15, 0.2) is 0 Å². The second kappa shape index (κ2) is 3.51. The monoisotopic (exact) mass is 218 g/mol. The molecule has 2 aliphatic rings. The van der Waals surface area contributed by atoms with E-state index < -0.39 is 5.97 Å². The zero-order chi connectivity index (χ0) is 11.1. The number of carboxylic acid groups (broad SMARTS) is 1. The fourth-order valence-electron chi connectivity index (χ4n) is 2.82. The molecule has 3 rings (SSSR count). The lowest BCUT2D eigenvalue weighted by Gasteiger charge is -2.19. The highest BCUT2D eigenvalue weighted by atomic mass is 16.5. The molecular weight excluding hydrogens is 204 g/mol. The number of ether oxygens (including phenoxy) is 1. The molecule has 0 saturated heterocycles. The first kappa shape index (κ1) is 9.70. The van der Waals surface area contributed by atoms with Gasteiger partial charge in [-0.3, -0.25) is 0 Å². The molecule has 0 fully saturated rings. The highest BCUT2D eigenvalue weighted by Crippen LogP contribution is 2.37. The Morgan fingerprint density at radius 1 is 1.19 bits per heavy atom. The molecule has 84 valence electrons. The molecule has 0 saturated carbocycles. The van der Waals surface area contributed by atoms with Crippen molar-refractivity contribution in [2.24, 2.45) is 0 Å². The lowest BCUT2D eigenvalue weighted by molar-refractivity contribution is 0.0693. The summed E-state index contributed by atoms with van der Waals surface area (Å²) in [7, 11) is 0. The van der Waals surface area contributed by atoms with Crippen LogP contribution >= 0.6 is 0 Å². The Balaban J connectivity index is 2.23. The Labute approximate surface area is 94.0 Å². The molecule has 16 heavy (non-hydrogen) atoms. The van der Waals surface area contributed by atoms with Crippen molar-refractivity contribution in [3.63, 3.8) is 0 Å². The van der Waals surface area contributed by atoms with E-state index >= 15 is 0 Å². The predicted molar refractivity (Wildman–Crippen MR) is 59.2 cm³/mol. The van der Waals surface area contributed by atoms with Crippen LogP contribution in [-0.4, -0.2) is 17.7 Å². The lowest BCUT2D eigenvalue weighted by Crippen LogP contribution is -2.09. The number of benzene rings is 1. The molecule has 3 nitrogen and oxygen atoms in total. The van der Waals surface area contributed by atoms with E-state index in [-0.39, 0.29) is 0 Å². The molecule has 0 spiro atoms. The molecule has 0 radical (unpaired) electrons. The zero-order valence-corrected chi connectivity index (χ0v) is 9.08. The standard InChI is InChI=1S/C13H14O3/c14-13(15)11-7-8-3-1-2-4-9(8)10-5-6-16-12(10)11/h7H,1-6H2,(H,14,15). The normalized spacial score (nSPS) is 17.5. The van der Waals surface area contributed by atoms with E-state index in [9.17, 15) is 9.90 Å². The quantitative estimate of drug-likeness (QED) is 0.786. The molecule has 0 amide bonds. The molecular formula is C13H14O3. The van der Waals surface area contributed by atoms with Crippen LogP contribution in [0.25, 0.3) is 0 Å². The van der Waals surface area contributed by atoms with Gasteiger partial charge < -0.3 is 9.84 Å². The predicted octanol–water partition coefficient (Wildman–Crippen LogP) is 2.20. The van der Waals surface area contributed by atoms with Crippen molar-refractivity contribution in [1.82, 2.24) is 0 Å². The van der Waals surface area contributed by atoms with Crippen molar-refractivity contribution in [3.05, 3.63) is 28.3 Å². The molecule has 1 aromatic carbocycles. The SMILES string of the molecule is O=C(O)c1cc2c(c3c1OCC3)CCCC2. The zero-order valence-electron chi connectivity index (χ0n) is 9.08.